The quantitative estimate of drug-likeness (QED) is 0.694. The lowest BCUT2D eigenvalue weighted by atomic mass is 9.98. The molecule has 24 heavy (non-hydrogen) atoms. The van der Waals surface area contributed by atoms with Crippen LogP contribution in [0.25, 0.3) is 5.57 Å². The minimum absolute atomic E-state index is 0.0437. The minimum Gasteiger partial charge on any atom is -0.377 e. The summed E-state index contributed by atoms with van der Waals surface area (Å²) < 4.78 is 0. The Bertz CT molecular complexity index is 843. The molecule has 0 atom stereocenters. The molecule has 1 fully saturated rings. The van der Waals surface area contributed by atoms with E-state index < -0.39 is 0 Å². The van der Waals surface area contributed by atoms with E-state index >= 15 is 0 Å². The van der Waals surface area contributed by atoms with Gasteiger partial charge in [-0.15, -0.1) is 0 Å². The van der Waals surface area contributed by atoms with E-state index in [1.54, 1.807) is 4.90 Å². The maximum atomic E-state index is 13.3. The molecule has 3 nitrogen and oxygen atoms in total. The van der Waals surface area contributed by atoms with Crippen LogP contribution in [0.15, 0.2) is 54.2 Å². The predicted octanol–water partition coefficient (Wildman–Crippen LogP) is 4.85. The number of likely N-dealkylation sites (tertiary alicyclic amines) is 1. The Morgan fingerprint density at radius 1 is 1.04 bits per heavy atom. The Morgan fingerprint density at radius 2 is 1.88 bits per heavy atom. The summed E-state index contributed by atoms with van der Waals surface area (Å²) in [6, 6.07) is 15.5. The van der Waals surface area contributed by atoms with Crippen molar-refractivity contribution in [3.8, 4) is 0 Å². The summed E-state index contributed by atoms with van der Waals surface area (Å²) in [5.41, 5.74) is 4.77. The van der Waals surface area contributed by atoms with Crippen molar-refractivity contribution in [1.29, 1.82) is 0 Å². The summed E-state index contributed by atoms with van der Waals surface area (Å²) in [6.07, 6.45) is 3.27. The van der Waals surface area contributed by atoms with Crippen molar-refractivity contribution in [3.05, 3.63) is 64.8 Å². The highest BCUT2D eigenvalue weighted by Gasteiger charge is 2.36. The van der Waals surface area contributed by atoms with Gasteiger partial charge in [0.05, 0.1) is 16.9 Å². The summed E-state index contributed by atoms with van der Waals surface area (Å²) in [7, 11) is 2.08. The third kappa shape index (κ3) is 2.40. The fourth-order valence-electron chi connectivity index (χ4n) is 3.65. The molecule has 4 heteroatoms. The van der Waals surface area contributed by atoms with E-state index in [0.29, 0.717) is 5.02 Å². The molecular formula is C20H19ClN2O. The summed E-state index contributed by atoms with van der Waals surface area (Å²) in [5, 5.41) is 0.633. The van der Waals surface area contributed by atoms with Crippen molar-refractivity contribution in [2.24, 2.45) is 0 Å². The van der Waals surface area contributed by atoms with Gasteiger partial charge in [0.15, 0.2) is 0 Å². The second-order valence-corrected chi connectivity index (χ2v) is 6.77. The van der Waals surface area contributed by atoms with E-state index in [1.165, 1.54) is 6.42 Å². The highest BCUT2D eigenvalue weighted by atomic mass is 35.5. The zero-order valence-electron chi connectivity index (χ0n) is 13.6. The molecule has 0 N–H and O–H groups in total. The van der Waals surface area contributed by atoms with Gasteiger partial charge in [-0.1, -0.05) is 35.9 Å². The molecule has 0 aromatic heterocycles. The first-order chi connectivity index (χ1) is 11.7. The van der Waals surface area contributed by atoms with Crippen molar-refractivity contribution >= 4 is 34.5 Å². The smallest absolute Gasteiger partial charge is 0.265 e. The molecule has 0 bridgehead atoms. The van der Waals surface area contributed by atoms with Gasteiger partial charge < -0.3 is 4.90 Å². The van der Waals surface area contributed by atoms with Crippen LogP contribution >= 0.6 is 11.6 Å². The first kappa shape index (κ1) is 15.3. The van der Waals surface area contributed by atoms with Crippen molar-refractivity contribution < 1.29 is 4.79 Å². The van der Waals surface area contributed by atoms with Crippen LogP contribution in [0.2, 0.25) is 5.02 Å². The molecular weight excluding hydrogens is 320 g/mol. The predicted molar refractivity (Wildman–Crippen MR) is 98.4 cm³/mol. The van der Waals surface area contributed by atoms with Gasteiger partial charge in [-0.3, -0.25) is 9.69 Å². The Labute approximate surface area is 147 Å². The number of halogens is 1. The largest absolute Gasteiger partial charge is 0.377 e. The van der Waals surface area contributed by atoms with Crippen LogP contribution in [0, 0.1) is 0 Å². The van der Waals surface area contributed by atoms with E-state index in [1.807, 2.05) is 48.5 Å². The second kappa shape index (κ2) is 5.99. The molecule has 1 saturated heterocycles. The second-order valence-electron chi connectivity index (χ2n) is 6.34. The van der Waals surface area contributed by atoms with Crippen LogP contribution in [-0.2, 0) is 4.79 Å². The van der Waals surface area contributed by atoms with Crippen molar-refractivity contribution in [1.82, 2.24) is 4.90 Å². The van der Waals surface area contributed by atoms with Gasteiger partial charge in [-0.2, -0.15) is 0 Å². The Balaban J connectivity index is 1.90. The van der Waals surface area contributed by atoms with Crippen LogP contribution < -0.4 is 4.90 Å². The minimum atomic E-state index is 0.0437. The third-order valence-electron chi connectivity index (χ3n) is 4.80. The zero-order valence-corrected chi connectivity index (χ0v) is 14.4. The molecule has 2 aromatic rings. The molecule has 2 aromatic carbocycles. The molecule has 0 spiro atoms. The summed E-state index contributed by atoms with van der Waals surface area (Å²) in [5.74, 6) is 0.0437. The SMILES string of the molecule is CN1CCCC/C1=C1/C(=O)N(c2cccc(Cl)c2)c2ccccc21. The highest BCUT2D eigenvalue weighted by molar-refractivity contribution is 6.36. The zero-order chi connectivity index (χ0) is 16.7. The van der Waals surface area contributed by atoms with Crippen molar-refractivity contribution in [2.45, 2.75) is 19.3 Å². The first-order valence-corrected chi connectivity index (χ1v) is 8.68. The van der Waals surface area contributed by atoms with E-state index in [4.69, 9.17) is 11.6 Å². The summed E-state index contributed by atoms with van der Waals surface area (Å²) in [4.78, 5) is 17.3. The van der Waals surface area contributed by atoms with Gasteiger partial charge in [0, 0.05) is 29.9 Å². The van der Waals surface area contributed by atoms with Gasteiger partial charge in [-0.05, 0) is 43.5 Å². The standard InChI is InChI=1S/C20H19ClN2O/c1-22-12-5-4-11-18(22)19-16-9-2-3-10-17(16)23(20(19)24)15-8-6-7-14(21)13-15/h2-3,6-10,13H,4-5,11-12H2,1H3/b19-18-. The normalized spacial score (nSPS) is 20.5. The molecule has 2 aliphatic rings. The molecule has 2 aliphatic heterocycles. The number of hydrogen-bond acceptors (Lipinski definition) is 2. The van der Waals surface area contributed by atoms with Gasteiger partial charge in [0.1, 0.15) is 0 Å². The monoisotopic (exact) mass is 338 g/mol. The molecule has 4 rings (SSSR count). The number of carbonyl (C=O) groups is 1. The topological polar surface area (TPSA) is 23.6 Å². The van der Waals surface area contributed by atoms with Crippen molar-refractivity contribution in [3.63, 3.8) is 0 Å². The van der Waals surface area contributed by atoms with Crippen molar-refractivity contribution in [2.75, 3.05) is 18.5 Å². The van der Waals surface area contributed by atoms with E-state index in [2.05, 4.69) is 11.9 Å². The molecule has 0 unspecified atom stereocenters. The molecule has 0 radical (unpaired) electrons. The van der Waals surface area contributed by atoms with Crippen LogP contribution in [0.4, 0.5) is 11.4 Å². The van der Waals surface area contributed by atoms with Crippen LogP contribution in [-0.4, -0.2) is 24.4 Å². The fourth-order valence-corrected chi connectivity index (χ4v) is 3.83. The lowest BCUT2D eigenvalue weighted by Crippen LogP contribution is -2.27. The average Bonchev–Trinajstić information content (AvgIpc) is 2.87. The van der Waals surface area contributed by atoms with Crippen LogP contribution in [0.5, 0.6) is 0 Å². The fraction of sp³-hybridized carbons (Fsp3) is 0.250. The number of fused-ring (bicyclic) bond motifs is 1. The van der Waals surface area contributed by atoms with E-state index in [0.717, 1.165) is 47.6 Å². The molecule has 0 aliphatic carbocycles. The number of benzene rings is 2. The number of amides is 1. The molecule has 2 heterocycles. The number of allylic oxidation sites excluding steroid dienone is 1. The third-order valence-corrected chi connectivity index (χ3v) is 5.04. The molecule has 122 valence electrons. The molecule has 1 amide bonds. The Hall–Kier alpha value is -2.26. The maximum absolute atomic E-state index is 13.3. The number of hydrogen-bond donors (Lipinski definition) is 0. The Morgan fingerprint density at radius 3 is 2.67 bits per heavy atom. The number of piperidine rings is 1. The van der Waals surface area contributed by atoms with Crippen LogP contribution in [0.3, 0.4) is 0 Å². The number of nitrogens with zero attached hydrogens (tertiary/aromatic N) is 2. The average molecular weight is 339 g/mol. The van der Waals surface area contributed by atoms with Gasteiger partial charge in [-0.25, -0.2) is 0 Å². The lowest BCUT2D eigenvalue weighted by molar-refractivity contribution is -0.112. The van der Waals surface area contributed by atoms with Crippen LogP contribution in [0.1, 0.15) is 24.8 Å². The van der Waals surface area contributed by atoms with Gasteiger partial charge in [0.25, 0.3) is 5.91 Å². The highest BCUT2D eigenvalue weighted by Crippen LogP contribution is 2.44. The number of para-hydroxylation sites is 1. The maximum Gasteiger partial charge on any atom is 0.265 e. The summed E-state index contributed by atoms with van der Waals surface area (Å²) in [6.45, 7) is 1.01. The molecule has 0 saturated carbocycles. The number of rotatable bonds is 1. The number of carbonyl (C=O) groups excluding carboxylic acids is 1. The number of anilines is 2. The lowest BCUT2D eigenvalue weighted by Gasteiger charge is -2.29. The van der Waals surface area contributed by atoms with E-state index in [9.17, 15) is 4.79 Å². The van der Waals surface area contributed by atoms with E-state index in [-0.39, 0.29) is 5.91 Å². The van der Waals surface area contributed by atoms with Gasteiger partial charge in [0.2, 0.25) is 0 Å². The Kier molecular flexibility index (Phi) is 3.81. The van der Waals surface area contributed by atoms with Gasteiger partial charge >= 0.3 is 0 Å². The summed E-state index contributed by atoms with van der Waals surface area (Å²) >= 11 is 6.15. The first-order valence-electron chi connectivity index (χ1n) is 8.30.